The summed E-state index contributed by atoms with van der Waals surface area (Å²) in [6.07, 6.45) is 8.99. The third kappa shape index (κ3) is 5.44. The second-order valence-corrected chi connectivity index (χ2v) is 9.57. The molecule has 0 bridgehead atoms. The maximum Gasteiger partial charge on any atom is 0.272 e. The topological polar surface area (TPSA) is 136 Å². The van der Waals surface area contributed by atoms with Gasteiger partial charge < -0.3 is 15.5 Å². The lowest BCUT2D eigenvalue weighted by Gasteiger charge is -2.23. The first-order chi connectivity index (χ1) is 16.3. The molecule has 2 amide bonds. The van der Waals surface area contributed by atoms with Gasteiger partial charge in [0.15, 0.2) is 5.69 Å². The summed E-state index contributed by atoms with van der Waals surface area (Å²) in [4.78, 5) is 44.6. The number of pyridine rings is 1. The Morgan fingerprint density at radius 3 is 2.62 bits per heavy atom. The number of nitrogens with zero attached hydrogens (tertiary/aromatic N) is 5. The highest BCUT2D eigenvalue weighted by atomic mass is 16.2. The third-order valence-electron chi connectivity index (χ3n) is 6.06. The van der Waals surface area contributed by atoms with Crippen molar-refractivity contribution in [1.29, 1.82) is 5.41 Å². The fourth-order valence-corrected chi connectivity index (χ4v) is 4.01. The van der Waals surface area contributed by atoms with Crippen LogP contribution in [-0.4, -0.2) is 69.8 Å². The van der Waals surface area contributed by atoms with E-state index in [1.54, 1.807) is 24.3 Å². The minimum absolute atomic E-state index is 0.0163. The van der Waals surface area contributed by atoms with Gasteiger partial charge in [0, 0.05) is 38.0 Å². The molecule has 2 fully saturated rings. The fourth-order valence-electron chi connectivity index (χ4n) is 4.01. The molecular weight excluding hydrogens is 432 g/mol. The van der Waals surface area contributed by atoms with E-state index in [1.165, 1.54) is 12.5 Å². The lowest BCUT2D eigenvalue weighted by molar-refractivity contribution is -0.123. The van der Waals surface area contributed by atoms with Crippen LogP contribution in [0.1, 0.15) is 55.2 Å². The van der Waals surface area contributed by atoms with Crippen LogP contribution in [0.15, 0.2) is 35.8 Å². The number of nitrogens with one attached hydrogen (secondary N) is 3. The maximum absolute atomic E-state index is 13.4. The molecule has 0 spiro atoms. The second-order valence-electron chi connectivity index (χ2n) is 9.57. The fraction of sp³-hybridized carbons (Fsp3) is 0.458. The standard InChI is InChI=1S/C24H30N8O2/c1-24(2)8-9-32(13-24)23(34)20(25)19(12-26-3)31-22(33)21-18(29-16-10-27-14-28-11-16)7-6-17(30-21)15-4-5-15/h6-7,10-12,14-15,19,25,29H,4-5,8-9,13H2,1-3H3,(H,31,33). The predicted octanol–water partition coefficient (Wildman–Crippen LogP) is 2.57. The van der Waals surface area contributed by atoms with Crippen LogP contribution in [0.5, 0.6) is 0 Å². The summed E-state index contributed by atoms with van der Waals surface area (Å²) in [6.45, 7) is 5.37. The van der Waals surface area contributed by atoms with Gasteiger partial charge in [-0.2, -0.15) is 0 Å². The van der Waals surface area contributed by atoms with Gasteiger partial charge in [0.1, 0.15) is 18.1 Å². The predicted molar refractivity (Wildman–Crippen MR) is 130 cm³/mol. The molecule has 10 heteroatoms. The summed E-state index contributed by atoms with van der Waals surface area (Å²) >= 11 is 0. The molecule has 0 aromatic carbocycles. The Morgan fingerprint density at radius 2 is 2.00 bits per heavy atom. The van der Waals surface area contributed by atoms with E-state index in [1.807, 2.05) is 12.1 Å². The van der Waals surface area contributed by atoms with Crippen molar-refractivity contribution in [2.24, 2.45) is 10.4 Å². The van der Waals surface area contributed by atoms with Gasteiger partial charge in [-0.3, -0.25) is 20.0 Å². The van der Waals surface area contributed by atoms with Gasteiger partial charge >= 0.3 is 0 Å². The summed E-state index contributed by atoms with van der Waals surface area (Å²) in [5.41, 5.74) is 1.94. The first-order valence-corrected chi connectivity index (χ1v) is 11.4. The molecule has 2 aromatic rings. The van der Waals surface area contributed by atoms with Crippen LogP contribution in [0.2, 0.25) is 0 Å². The molecule has 178 valence electrons. The Hall–Kier alpha value is -3.69. The van der Waals surface area contributed by atoms with Crippen molar-refractivity contribution in [2.45, 2.75) is 45.1 Å². The highest BCUT2D eigenvalue weighted by molar-refractivity contribution is 6.43. The summed E-state index contributed by atoms with van der Waals surface area (Å²) in [5, 5.41) is 14.4. The molecule has 0 radical (unpaired) electrons. The largest absolute Gasteiger partial charge is 0.351 e. The zero-order chi connectivity index (χ0) is 24.3. The van der Waals surface area contributed by atoms with Gasteiger partial charge in [-0.25, -0.2) is 15.0 Å². The molecule has 34 heavy (non-hydrogen) atoms. The number of hydrogen-bond acceptors (Lipinski definition) is 8. The van der Waals surface area contributed by atoms with Gasteiger partial charge in [0.25, 0.3) is 11.8 Å². The lowest BCUT2D eigenvalue weighted by Crippen LogP contribution is -2.49. The Kier molecular flexibility index (Phi) is 6.67. The molecule has 1 atom stereocenters. The van der Waals surface area contributed by atoms with Crippen molar-refractivity contribution >= 4 is 35.1 Å². The molecule has 2 aliphatic rings. The minimum Gasteiger partial charge on any atom is -0.351 e. The zero-order valence-corrected chi connectivity index (χ0v) is 19.7. The molecule has 3 heterocycles. The molecule has 1 saturated heterocycles. The Labute approximate surface area is 198 Å². The lowest BCUT2D eigenvalue weighted by atomic mass is 9.93. The molecule has 10 nitrogen and oxygen atoms in total. The number of anilines is 2. The minimum atomic E-state index is -0.965. The van der Waals surface area contributed by atoms with Crippen molar-refractivity contribution in [1.82, 2.24) is 25.2 Å². The van der Waals surface area contributed by atoms with Crippen molar-refractivity contribution in [3.63, 3.8) is 0 Å². The van der Waals surface area contributed by atoms with E-state index in [4.69, 9.17) is 5.41 Å². The summed E-state index contributed by atoms with van der Waals surface area (Å²) in [6, 6.07) is 2.76. The number of aliphatic imine (C=N–C) groups is 1. The molecule has 1 aliphatic carbocycles. The van der Waals surface area contributed by atoms with E-state index in [0.717, 1.165) is 25.0 Å². The molecule has 4 rings (SSSR count). The van der Waals surface area contributed by atoms with Crippen LogP contribution in [0.4, 0.5) is 11.4 Å². The van der Waals surface area contributed by atoms with Crippen molar-refractivity contribution < 1.29 is 9.59 Å². The van der Waals surface area contributed by atoms with E-state index >= 15 is 0 Å². The van der Waals surface area contributed by atoms with Crippen LogP contribution in [0.25, 0.3) is 0 Å². The Balaban J connectivity index is 1.55. The molecular formula is C24H30N8O2. The van der Waals surface area contributed by atoms with Crippen molar-refractivity contribution in [3.8, 4) is 0 Å². The van der Waals surface area contributed by atoms with E-state index in [-0.39, 0.29) is 16.8 Å². The first kappa shape index (κ1) is 23.5. The highest BCUT2D eigenvalue weighted by Gasteiger charge is 2.35. The van der Waals surface area contributed by atoms with Gasteiger partial charge in [0.05, 0.1) is 23.8 Å². The van der Waals surface area contributed by atoms with Crippen LogP contribution in [0.3, 0.4) is 0 Å². The number of carbonyl (C=O) groups is 2. The van der Waals surface area contributed by atoms with Crippen LogP contribution in [0, 0.1) is 10.8 Å². The smallest absolute Gasteiger partial charge is 0.272 e. The van der Waals surface area contributed by atoms with Crippen molar-refractivity contribution in [2.75, 3.05) is 25.5 Å². The quantitative estimate of drug-likeness (QED) is 0.516. The number of hydrogen-bond donors (Lipinski definition) is 3. The number of amides is 2. The van der Waals surface area contributed by atoms with E-state index in [0.29, 0.717) is 30.4 Å². The molecule has 1 aliphatic heterocycles. The summed E-state index contributed by atoms with van der Waals surface area (Å²) in [7, 11) is 1.55. The Morgan fingerprint density at radius 1 is 1.26 bits per heavy atom. The van der Waals surface area contributed by atoms with Crippen LogP contribution < -0.4 is 10.6 Å². The number of rotatable bonds is 8. The highest BCUT2D eigenvalue weighted by Crippen LogP contribution is 2.39. The normalized spacial score (nSPS) is 18.0. The summed E-state index contributed by atoms with van der Waals surface area (Å²) < 4.78 is 0. The molecule has 3 N–H and O–H groups in total. The summed E-state index contributed by atoms with van der Waals surface area (Å²) in [5.74, 6) is -0.534. The molecule has 2 aromatic heterocycles. The SMILES string of the molecule is CN=CC(NC(=O)c1nc(C2CC2)ccc1Nc1cncnc1)C(=N)C(=O)N1CCC(C)(C)C1. The zero-order valence-electron chi connectivity index (χ0n) is 19.7. The molecule has 1 saturated carbocycles. The van der Waals surface area contributed by atoms with Gasteiger partial charge in [-0.1, -0.05) is 13.8 Å². The average molecular weight is 463 g/mol. The maximum atomic E-state index is 13.4. The van der Waals surface area contributed by atoms with E-state index in [9.17, 15) is 9.59 Å². The van der Waals surface area contributed by atoms with Gasteiger partial charge in [-0.05, 0) is 36.8 Å². The third-order valence-corrected chi connectivity index (χ3v) is 6.06. The second kappa shape index (κ2) is 9.66. The van der Waals surface area contributed by atoms with Gasteiger partial charge in [0.2, 0.25) is 0 Å². The monoisotopic (exact) mass is 462 g/mol. The van der Waals surface area contributed by atoms with Crippen molar-refractivity contribution in [3.05, 3.63) is 42.2 Å². The average Bonchev–Trinajstić information content (AvgIpc) is 3.61. The first-order valence-electron chi connectivity index (χ1n) is 11.4. The van der Waals surface area contributed by atoms with E-state index < -0.39 is 17.9 Å². The Bertz CT molecular complexity index is 1110. The van der Waals surface area contributed by atoms with Gasteiger partial charge in [-0.15, -0.1) is 0 Å². The number of carbonyl (C=O) groups excluding carboxylic acids is 2. The molecule has 1 unspecified atom stereocenters. The number of aromatic nitrogens is 3. The van der Waals surface area contributed by atoms with Crippen LogP contribution in [-0.2, 0) is 4.79 Å². The van der Waals surface area contributed by atoms with E-state index in [2.05, 4.69) is 44.4 Å². The number of likely N-dealkylation sites (tertiary alicyclic amines) is 1. The van der Waals surface area contributed by atoms with Crippen LogP contribution >= 0.6 is 0 Å².